The van der Waals surface area contributed by atoms with Crippen LogP contribution in [-0.4, -0.2) is 27.6 Å². The summed E-state index contributed by atoms with van der Waals surface area (Å²) >= 11 is 4.95. The smallest absolute Gasteiger partial charge is 0.239 e. The molecule has 2 aromatic rings. The quantitative estimate of drug-likeness (QED) is 0.765. The Morgan fingerprint density at radius 2 is 2.14 bits per heavy atom. The molecule has 112 valence electrons. The minimum absolute atomic E-state index is 0.117. The van der Waals surface area contributed by atoms with Crippen molar-refractivity contribution in [2.24, 2.45) is 0 Å². The zero-order chi connectivity index (χ0) is 15.2. The Kier molecular flexibility index (Phi) is 5.84. The first kappa shape index (κ1) is 16.1. The highest BCUT2D eigenvalue weighted by atomic mass is 79.9. The van der Waals surface area contributed by atoms with Crippen LogP contribution in [0.3, 0.4) is 0 Å². The Morgan fingerprint density at radius 1 is 1.43 bits per heavy atom. The second-order valence-electron chi connectivity index (χ2n) is 4.36. The third-order valence-electron chi connectivity index (χ3n) is 2.93. The number of nitrogens with one attached hydrogen (secondary N) is 1. The number of carbonyl (C=O) groups is 1. The maximum Gasteiger partial charge on any atom is 0.239 e. The van der Waals surface area contributed by atoms with Gasteiger partial charge in [-0.05, 0) is 17.7 Å². The highest BCUT2D eigenvalue weighted by molar-refractivity contribution is 9.10. The van der Waals surface area contributed by atoms with Crippen molar-refractivity contribution in [3.8, 4) is 0 Å². The number of carbonyl (C=O) groups excluding carboxylic acids is 1. The van der Waals surface area contributed by atoms with Crippen LogP contribution in [0.15, 0.2) is 40.1 Å². The zero-order valence-electron chi connectivity index (χ0n) is 11.5. The molecule has 1 aromatic heterocycles. The highest BCUT2D eigenvalue weighted by Crippen LogP contribution is 2.24. The minimum Gasteiger partial charge on any atom is -0.390 e. The molecule has 1 amide bonds. The maximum absolute atomic E-state index is 11.6. The van der Waals surface area contributed by atoms with Gasteiger partial charge >= 0.3 is 0 Å². The van der Waals surface area contributed by atoms with E-state index in [0.717, 1.165) is 15.4 Å². The van der Waals surface area contributed by atoms with E-state index in [1.54, 1.807) is 29.6 Å². The lowest BCUT2D eigenvalue weighted by molar-refractivity contribution is -0.121. The van der Waals surface area contributed by atoms with Crippen molar-refractivity contribution in [2.45, 2.75) is 24.1 Å². The number of hydrogen-bond acceptors (Lipinski definition) is 4. The molecule has 0 aliphatic rings. The molecule has 5 nitrogen and oxygen atoms in total. The van der Waals surface area contributed by atoms with E-state index < -0.39 is 0 Å². The molecule has 0 spiro atoms. The first-order chi connectivity index (χ1) is 10.1. The molecule has 0 bridgehead atoms. The number of hydrogen-bond donors (Lipinski definition) is 2. The molecule has 0 saturated carbocycles. The number of imidazole rings is 1. The molecule has 0 fully saturated rings. The molecule has 2 rings (SSSR count). The molecular weight excluding hydrogens is 354 g/mol. The Hall–Kier alpha value is -1.31. The first-order valence-electron chi connectivity index (χ1n) is 6.37. The van der Waals surface area contributed by atoms with Gasteiger partial charge in [-0.3, -0.25) is 4.79 Å². The Morgan fingerprint density at radius 3 is 2.76 bits per heavy atom. The topological polar surface area (TPSA) is 67.2 Å². The number of amides is 1. The van der Waals surface area contributed by atoms with Gasteiger partial charge < -0.3 is 15.0 Å². The van der Waals surface area contributed by atoms with Crippen LogP contribution in [0.4, 0.5) is 0 Å². The number of aliphatic hydroxyl groups is 1. The van der Waals surface area contributed by atoms with Crippen molar-refractivity contribution in [3.63, 3.8) is 0 Å². The summed E-state index contributed by atoms with van der Waals surface area (Å²) in [6.45, 7) is 0.0257. The summed E-state index contributed by atoms with van der Waals surface area (Å²) in [5.41, 5.74) is 1.81. The van der Waals surface area contributed by atoms with E-state index in [2.05, 4.69) is 26.2 Å². The second-order valence-corrected chi connectivity index (χ2v) is 6.22. The Balaban J connectivity index is 2.10. The SMILES string of the molecule is CNC(=O)Cn1c(CO)cnc1SCc1ccc(Br)cc1. The molecule has 0 radical (unpaired) electrons. The number of nitrogens with zero attached hydrogens (tertiary/aromatic N) is 2. The molecule has 2 N–H and O–H groups in total. The molecule has 0 atom stereocenters. The first-order valence-corrected chi connectivity index (χ1v) is 8.15. The van der Waals surface area contributed by atoms with Crippen molar-refractivity contribution in [2.75, 3.05) is 7.05 Å². The van der Waals surface area contributed by atoms with Gasteiger partial charge in [-0.15, -0.1) is 0 Å². The number of aromatic nitrogens is 2. The molecule has 7 heteroatoms. The molecule has 21 heavy (non-hydrogen) atoms. The average molecular weight is 370 g/mol. The fraction of sp³-hybridized carbons (Fsp3) is 0.286. The number of aliphatic hydroxyl groups excluding tert-OH is 1. The summed E-state index contributed by atoms with van der Waals surface area (Å²) in [5, 5.41) is 12.6. The Labute approximate surface area is 135 Å². The number of likely N-dealkylation sites (N-methyl/N-ethyl adjacent to an activating group) is 1. The van der Waals surface area contributed by atoms with E-state index in [-0.39, 0.29) is 19.1 Å². The zero-order valence-corrected chi connectivity index (χ0v) is 13.9. The van der Waals surface area contributed by atoms with Gasteiger partial charge in [0.05, 0.1) is 18.5 Å². The highest BCUT2D eigenvalue weighted by Gasteiger charge is 2.12. The van der Waals surface area contributed by atoms with Gasteiger partial charge in [0.2, 0.25) is 5.91 Å². The van der Waals surface area contributed by atoms with Crippen LogP contribution < -0.4 is 5.32 Å². The molecular formula is C14H16BrN3O2S. The fourth-order valence-corrected chi connectivity index (χ4v) is 2.97. The summed E-state index contributed by atoms with van der Waals surface area (Å²) < 4.78 is 2.78. The van der Waals surface area contributed by atoms with Gasteiger partial charge in [0.25, 0.3) is 0 Å². The number of benzene rings is 1. The van der Waals surface area contributed by atoms with Gasteiger partial charge in [0.15, 0.2) is 5.16 Å². The molecule has 0 saturated heterocycles. The van der Waals surface area contributed by atoms with Crippen molar-refractivity contribution in [1.29, 1.82) is 0 Å². The van der Waals surface area contributed by atoms with Crippen LogP contribution in [0.2, 0.25) is 0 Å². The normalized spacial score (nSPS) is 10.6. The van der Waals surface area contributed by atoms with Gasteiger partial charge in [-0.1, -0.05) is 39.8 Å². The van der Waals surface area contributed by atoms with Crippen LogP contribution >= 0.6 is 27.7 Å². The van der Waals surface area contributed by atoms with E-state index in [0.29, 0.717) is 5.69 Å². The monoisotopic (exact) mass is 369 g/mol. The van der Waals surface area contributed by atoms with Gasteiger partial charge in [-0.2, -0.15) is 0 Å². The van der Waals surface area contributed by atoms with Gasteiger partial charge in [0.1, 0.15) is 6.54 Å². The van der Waals surface area contributed by atoms with Crippen LogP contribution in [0.25, 0.3) is 0 Å². The summed E-state index contributed by atoms with van der Waals surface area (Å²) in [4.78, 5) is 15.8. The van der Waals surface area contributed by atoms with Gasteiger partial charge in [0, 0.05) is 17.3 Å². The third-order valence-corrected chi connectivity index (χ3v) is 4.52. The van der Waals surface area contributed by atoms with E-state index in [4.69, 9.17) is 0 Å². The summed E-state index contributed by atoms with van der Waals surface area (Å²) in [6.07, 6.45) is 1.60. The molecule has 0 aliphatic carbocycles. The second kappa shape index (κ2) is 7.63. The van der Waals surface area contributed by atoms with Crippen molar-refractivity contribution in [1.82, 2.24) is 14.9 Å². The van der Waals surface area contributed by atoms with E-state index in [1.165, 1.54) is 5.56 Å². The van der Waals surface area contributed by atoms with Crippen LogP contribution in [0, 0.1) is 0 Å². The lowest BCUT2D eigenvalue weighted by atomic mass is 10.2. The van der Waals surface area contributed by atoms with E-state index in [1.807, 2.05) is 24.3 Å². The fourth-order valence-electron chi connectivity index (χ4n) is 1.75. The van der Waals surface area contributed by atoms with E-state index >= 15 is 0 Å². The van der Waals surface area contributed by atoms with Gasteiger partial charge in [-0.25, -0.2) is 4.98 Å². The minimum atomic E-state index is -0.136. The number of halogens is 1. The standard InChI is InChI=1S/C14H16BrN3O2S/c1-16-13(20)7-18-12(8-19)6-17-14(18)21-9-10-2-4-11(15)5-3-10/h2-6,19H,7-9H2,1H3,(H,16,20). The average Bonchev–Trinajstić information content (AvgIpc) is 2.88. The molecule has 1 aromatic carbocycles. The predicted molar refractivity (Wildman–Crippen MR) is 85.9 cm³/mol. The van der Waals surface area contributed by atoms with Crippen molar-refractivity contribution >= 4 is 33.6 Å². The third kappa shape index (κ3) is 4.33. The summed E-state index contributed by atoms with van der Waals surface area (Å²) in [7, 11) is 1.59. The van der Waals surface area contributed by atoms with Crippen molar-refractivity contribution in [3.05, 3.63) is 46.2 Å². The summed E-state index contributed by atoms with van der Waals surface area (Å²) in [6, 6.07) is 8.06. The van der Waals surface area contributed by atoms with E-state index in [9.17, 15) is 9.90 Å². The lowest BCUT2D eigenvalue weighted by Crippen LogP contribution is -2.24. The molecule has 0 unspecified atom stereocenters. The number of rotatable bonds is 6. The lowest BCUT2D eigenvalue weighted by Gasteiger charge is -2.09. The Bertz CT molecular complexity index is 613. The molecule has 1 heterocycles. The van der Waals surface area contributed by atoms with Crippen LogP contribution in [0.1, 0.15) is 11.3 Å². The molecule has 0 aliphatic heterocycles. The van der Waals surface area contributed by atoms with Crippen molar-refractivity contribution < 1.29 is 9.90 Å². The van der Waals surface area contributed by atoms with Crippen LogP contribution in [0.5, 0.6) is 0 Å². The maximum atomic E-state index is 11.6. The number of thioether (sulfide) groups is 1. The summed E-state index contributed by atoms with van der Waals surface area (Å²) in [5.74, 6) is 0.635. The predicted octanol–water partition coefficient (Wildman–Crippen LogP) is 2.18. The van der Waals surface area contributed by atoms with Crippen LogP contribution in [-0.2, 0) is 23.7 Å². The largest absolute Gasteiger partial charge is 0.390 e.